The highest BCUT2D eigenvalue weighted by molar-refractivity contribution is 5.79. The van der Waals surface area contributed by atoms with Crippen LogP contribution in [0.1, 0.15) is 43.9 Å². The van der Waals surface area contributed by atoms with Gasteiger partial charge in [0.1, 0.15) is 0 Å². The first-order valence-corrected chi connectivity index (χ1v) is 10.3. The van der Waals surface area contributed by atoms with Gasteiger partial charge in [-0.25, -0.2) is 0 Å². The van der Waals surface area contributed by atoms with Crippen LogP contribution >= 0.6 is 0 Å². The van der Waals surface area contributed by atoms with Crippen molar-refractivity contribution >= 4 is 5.96 Å². The average molecular weight is 380 g/mol. The Bertz CT molecular complexity index is 743. The number of hydrogen-bond donors (Lipinski definition) is 2. The van der Waals surface area contributed by atoms with Gasteiger partial charge in [-0.3, -0.25) is 4.99 Å². The highest BCUT2D eigenvalue weighted by Gasteiger charge is 2.27. The van der Waals surface area contributed by atoms with E-state index in [9.17, 15) is 0 Å². The molecular weight excluding hydrogens is 346 g/mol. The zero-order valence-corrected chi connectivity index (χ0v) is 17.3. The molecule has 0 saturated carbocycles. The van der Waals surface area contributed by atoms with Crippen molar-refractivity contribution in [3.05, 3.63) is 71.8 Å². The van der Waals surface area contributed by atoms with Crippen LogP contribution in [0.2, 0.25) is 0 Å². The lowest BCUT2D eigenvalue weighted by molar-refractivity contribution is -0.0265. The first kappa shape index (κ1) is 20.4. The number of hydrogen-bond acceptors (Lipinski definition) is 2. The van der Waals surface area contributed by atoms with Gasteiger partial charge >= 0.3 is 0 Å². The maximum atomic E-state index is 6.11. The second-order valence-corrected chi connectivity index (χ2v) is 8.16. The van der Waals surface area contributed by atoms with E-state index in [2.05, 4.69) is 90.1 Å². The van der Waals surface area contributed by atoms with Crippen molar-refractivity contribution in [3.63, 3.8) is 0 Å². The summed E-state index contributed by atoms with van der Waals surface area (Å²) in [6.45, 7) is 7.02. The molecule has 0 aromatic heterocycles. The molecule has 0 spiro atoms. The molecule has 2 unspecified atom stereocenters. The van der Waals surface area contributed by atoms with Crippen LogP contribution in [0.15, 0.2) is 65.7 Å². The molecule has 28 heavy (non-hydrogen) atoms. The number of nitrogens with one attached hydrogen (secondary N) is 2. The Hall–Kier alpha value is -2.33. The number of benzene rings is 2. The molecule has 0 radical (unpaired) electrons. The molecule has 1 fully saturated rings. The van der Waals surface area contributed by atoms with Crippen LogP contribution in [-0.2, 0) is 10.2 Å². The van der Waals surface area contributed by atoms with Crippen molar-refractivity contribution in [1.82, 2.24) is 10.6 Å². The Labute approximate surface area is 169 Å². The summed E-state index contributed by atoms with van der Waals surface area (Å²) < 4.78 is 6.11. The van der Waals surface area contributed by atoms with Crippen molar-refractivity contribution in [3.8, 4) is 0 Å². The van der Waals surface area contributed by atoms with Crippen molar-refractivity contribution in [2.45, 2.75) is 38.2 Å². The molecule has 1 aliphatic heterocycles. The van der Waals surface area contributed by atoms with Gasteiger partial charge in [0.15, 0.2) is 5.96 Å². The highest BCUT2D eigenvalue weighted by Crippen LogP contribution is 2.33. The molecule has 2 aromatic carbocycles. The minimum atomic E-state index is 0.0272. The molecule has 2 atom stereocenters. The highest BCUT2D eigenvalue weighted by atomic mass is 16.5. The van der Waals surface area contributed by atoms with Crippen molar-refractivity contribution in [2.24, 2.45) is 10.9 Å². The van der Waals surface area contributed by atoms with Crippen LogP contribution in [0.5, 0.6) is 0 Å². The fourth-order valence-electron chi connectivity index (χ4n) is 3.81. The molecule has 4 heteroatoms. The summed E-state index contributed by atoms with van der Waals surface area (Å²) in [5, 5.41) is 7.02. The maximum Gasteiger partial charge on any atom is 0.191 e. The van der Waals surface area contributed by atoms with E-state index < -0.39 is 0 Å². The van der Waals surface area contributed by atoms with Crippen molar-refractivity contribution in [2.75, 3.05) is 26.7 Å². The number of aliphatic imine (C=N–C) groups is 1. The summed E-state index contributed by atoms with van der Waals surface area (Å²) in [6, 6.07) is 21.2. The minimum absolute atomic E-state index is 0.0272. The van der Waals surface area contributed by atoms with E-state index in [-0.39, 0.29) is 11.5 Å². The molecule has 2 aromatic rings. The third kappa shape index (κ3) is 5.35. The van der Waals surface area contributed by atoms with E-state index in [1.807, 2.05) is 7.05 Å². The smallest absolute Gasteiger partial charge is 0.191 e. The fraction of sp³-hybridized carbons (Fsp3) is 0.458. The molecule has 3 rings (SSSR count). The van der Waals surface area contributed by atoms with Crippen molar-refractivity contribution in [1.29, 1.82) is 0 Å². The first-order valence-electron chi connectivity index (χ1n) is 10.3. The molecule has 1 heterocycles. The molecule has 0 aliphatic carbocycles. The summed E-state index contributed by atoms with van der Waals surface area (Å²) in [5.74, 6) is 1.29. The standard InChI is InChI=1S/C24H33N3O/c1-24(2,21-14-8-5-9-15-21)18-27-23(25-3)26-17-20-13-10-16-28-22(20)19-11-6-4-7-12-19/h4-9,11-12,14-15,20,22H,10,13,16-18H2,1-3H3,(H2,25,26,27). The quantitative estimate of drug-likeness (QED) is 0.581. The van der Waals surface area contributed by atoms with Crippen LogP contribution in [-0.4, -0.2) is 32.7 Å². The Morgan fingerprint density at radius 3 is 2.39 bits per heavy atom. The lowest BCUT2D eigenvalue weighted by Gasteiger charge is -2.33. The average Bonchev–Trinajstić information content (AvgIpc) is 2.75. The van der Waals surface area contributed by atoms with Gasteiger partial charge in [-0.15, -0.1) is 0 Å². The largest absolute Gasteiger partial charge is 0.373 e. The second-order valence-electron chi connectivity index (χ2n) is 8.16. The molecule has 2 N–H and O–H groups in total. The van der Waals surface area contributed by atoms with Gasteiger partial charge in [-0.2, -0.15) is 0 Å². The molecule has 0 amide bonds. The Balaban J connectivity index is 1.56. The zero-order valence-electron chi connectivity index (χ0n) is 17.3. The van der Waals surface area contributed by atoms with Gasteiger partial charge in [-0.05, 0) is 24.0 Å². The number of rotatable bonds is 6. The number of ether oxygens (including phenoxy) is 1. The van der Waals surface area contributed by atoms with Gasteiger partial charge in [0.05, 0.1) is 6.10 Å². The lowest BCUT2D eigenvalue weighted by Crippen LogP contribution is -2.45. The predicted octanol–water partition coefficient (Wildman–Crippen LogP) is 4.30. The topological polar surface area (TPSA) is 45.7 Å². The Morgan fingerprint density at radius 1 is 1.04 bits per heavy atom. The van der Waals surface area contributed by atoms with Crippen LogP contribution in [0.3, 0.4) is 0 Å². The van der Waals surface area contributed by atoms with Gasteiger partial charge in [0.25, 0.3) is 0 Å². The van der Waals surface area contributed by atoms with E-state index in [0.717, 1.165) is 32.1 Å². The Morgan fingerprint density at radius 2 is 1.71 bits per heavy atom. The van der Waals surface area contributed by atoms with Crippen LogP contribution in [0.25, 0.3) is 0 Å². The second kappa shape index (κ2) is 9.74. The summed E-state index contributed by atoms with van der Waals surface area (Å²) >= 11 is 0. The minimum Gasteiger partial charge on any atom is -0.373 e. The third-order valence-electron chi connectivity index (χ3n) is 5.58. The van der Waals surface area contributed by atoms with Crippen LogP contribution in [0, 0.1) is 5.92 Å². The van der Waals surface area contributed by atoms with Gasteiger partial charge in [0.2, 0.25) is 0 Å². The summed E-state index contributed by atoms with van der Waals surface area (Å²) in [6.07, 6.45) is 2.43. The molecule has 0 bridgehead atoms. The zero-order chi connectivity index (χ0) is 19.8. The van der Waals surface area contributed by atoms with Gasteiger partial charge < -0.3 is 15.4 Å². The SMILES string of the molecule is CN=C(NCC1CCCOC1c1ccccc1)NCC(C)(C)c1ccccc1. The van der Waals surface area contributed by atoms with E-state index in [1.54, 1.807) is 0 Å². The monoisotopic (exact) mass is 379 g/mol. The van der Waals surface area contributed by atoms with Gasteiger partial charge in [0, 0.05) is 38.1 Å². The van der Waals surface area contributed by atoms with E-state index in [0.29, 0.717) is 5.92 Å². The molecule has 4 nitrogen and oxygen atoms in total. The van der Waals surface area contributed by atoms with Crippen LogP contribution < -0.4 is 10.6 Å². The van der Waals surface area contributed by atoms with Gasteiger partial charge in [-0.1, -0.05) is 74.5 Å². The van der Waals surface area contributed by atoms with E-state index in [4.69, 9.17) is 4.74 Å². The van der Waals surface area contributed by atoms with Crippen LogP contribution in [0.4, 0.5) is 0 Å². The molecule has 1 aliphatic rings. The fourth-order valence-corrected chi connectivity index (χ4v) is 3.81. The molecule has 1 saturated heterocycles. The molecular formula is C24H33N3O. The normalized spacial score (nSPS) is 20.6. The third-order valence-corrected chi connectivity index (χ3v) is 5.58. The summed E-state index contributed by atoms with van der Waals surface area (Å²) in [7, 11) is 1.83. The van der Waals surface area contributed by atoms with Crippen molar-refractivity contribution < 1.29 is 4.74 Å². The van der Waals surface area contributed by atoms with E-state index >= 15 is 0 Å². The lowest BCUT2D eigenvalue weighted by atomic mass is 9.85. The predicted molar refractivity (Wildman–Crippen MR) is 117 cm³/mol. The summed E-state index contributed by atoms with van der Waals surface area (Å²) in [4.78, 5) is 4.42. The van der Waals surface area contributed by atoms with E-state index in [1.165, 1.54) is 17.5 Å². The molecule has 150 valence electrons. The maximum absolute atomic E-state index is 6.11. The number of nitrogens with zero attached hydrogens (tertiary/aromatic N) is 1. The Kier molecular flexibility index (Phi) is 7.10. The number of guanidine groups is 1. The first-order chi connectivity index (χ1) is 13.6. The summed E-state index contributed by atoms with van der Waals surface area (Å²) in [5.41, 5.74) is 2.62.